The second-order valence-corrected chi connectivity index (χ2v) is 9.22. The Morgan fingerprint density at radius 2 is 2.15 bits per heavy atom. The van der Waals surface area contributed by atoms with Crippen LogP contribution in [-0.2, 0) is 4.74 Å². The Bertz CT molecular complexity index is 1080. The molecule has 0 saturated heterocycles. The van der Waals surface area contributed by atoms with E-state index in [1.54, 1.807) is 6.07 Å². The number of benzene rings is 1. The van der Waals surface area contributed by atoms with Crippen molar-refractivity contribution < 1.29 is 28.0 Å². The zero-order valence-corrected chi connectivity index (χ0v) is 19.8. The van der Waals surface area contributed by atoms with Crippen molar-refractivity contribution in [3.05, 3.63) is 45.9 Å². The van der Waals surface area contributed by atoms with Crippen molar-refractivity contribution in [1.82, 2.24) is 15.9 Å². The number of nitrogens with zero attached hydrogens (tertiary/aromatic N) is 2. The van der Waals surface area contributed by atoms with Gasteiger partial charge in [-0.1, -0.05) is 15.9 Å². The minimum Gasteiger partial charge on any atom is -0.479 e. The van der Waals surface area contributed by atoms with Crippen LogP contribution in [-0.4, -0.2) is 41.6 Å². The fourth-order valence-electron chi connectivity index (χ4n) is 4.47. The Kier molecular flexibility index (Phi) is 6.68. The molecule has 176 valence electrons. The summed E-state index contributed by atoms with van der Waals surface area (Å²) in [5.74, 6) is -0.0690. The summed E-state index contributed by atoms with van der Waals surface area (Å²) in [6.45, 7) is 1.93. The molecule has 33 heavy (non-hydrogen) atoms. The molecule has 11 heteroatoms. The first-order valence-corrected chi connectivity index (χ1v) is 11.4. The largest absolute Gasteiger partial charge is 0.479 e. The van der Waals surface area contributed by atoms with E-state index in [0.29, 0.717) is 34.5 Å². The molecule has 1 atom stereocenters. The zero-order chi connectivity index (χ0) is 23.6. The summed E-state index contributed by atoms with van der Waals surface area (Å²) >= 11 is 3.39. The number of hydrazone groups is 1. The summed E-state index contributed by atoms with van der Waals surface area (Å²) < 4.78 is 29.8. The van der Waals surface area contributed by atoms with Gasteiger partial charge in [-0.05, 0) is 68.3 Å². The van der Waals surface area contributed by atoms with Gasteiger partial charge in [0, 0.05) is 16.1 Å². The van der Waals surface area contributed by atoms with Crippen LogP contribution in [0.2, 0.25) is 0 Å². The monoisotopic (exact) mass is 522 g/mol. The maximum absolute atomic E-state index is 13.6. The SMILES string of the molecule is COc1cc(C(=O)N[C@@H](C)CC2CCC3(CC2)OC(=O)NN=C3c2ccc(F)cc2Br)on1. The van der Waals surface area contributed by atoms with Gasteiger partial charge in [0.25, 0.3) is 11.8 Å². The minimum absolute atomic E-state index is 0.0913. The molecule has 2 N–H and O–H groups in total. The number of hydrogen-bond donors (Lipinski definition) is 2. The van der Waals surface area contributed by atoms with Gasteiger partial charge in [0.15, 0.2) is 5.60 Å². The number of amides is 2. The summed E-state index contributed by atoms with van der Waals surface area (Å²) in [5.41, 5.74) is 2.75. The summed E-state index contributed by atoms with van der Waals surface area (Å²) in [7, 11) is 1.45. The van der Waals surface area contributed by atoms with Crippen molar-refractivity contribution in [1.29, 1.82) is 0 Å². The Hall–Kier alpha value is -2.95. The molecule has 0 radical (unpaired) electrons. The number of methoxy groups -OCH3 is 1. The number of halogens is 2. The lowest BCUT2D eigenvalue weighted by Crippen LogP contribution is -2.52. The highest BCUT2D eigenvalue weighted by atomic mass is 79.9. The van der Waals surface area contributed by atoms with E-state index in [1.165, 1.54) is 25.3 Å². The van der Waals surface area contributed by atoms with Gasteiger partial charge >= 0.3 is 6.09 Å². The molecule has 2 amide bonds. The molecule has 2 heterocycles. The second-order valence-electron chi connectivity index (χ2n) is 8.37. The lowest BCUT2D eigenvalue weighted by atomic mass is 9.73. The van der Waals surface area contributed by atoms with Crippen LogP contribution in [0.15, 0.2) is 38.4 Å². The summed E-state index contributed by atoms with van der Waals surface area (Å²) in [6, 6.07) is 5.69. The van der Waals surface area contributed by atoms with E-state index < -0.39 is 11.7 Å². The smallest absolute Gasteiger partial charge is 0.428 e. The number of ether oxygens (including phenoxy) is 2. The van der Waals surface area contributed by atoms with Crippen LogP contribution in [0.1, 0.15) is 55.1 Å². The fourth-order valence-corrected chi connectivity index (χ4v) is 5.01. The van der Waals surface area contributed by atoms with Crippen LogP contribution in [0, 0.1) is 11.7 Å². The standard InChI is InChI=1S/C22H24BrFN4O5/c1-12(25-20(29)17-11-18(31-2)28-33-17)9-13-5-7-22(8-6-13)19(26-27-21(30)32-22)15-4-3-14(24)10-16(15)23/h3-4,10-13H,5-9H2,1-2H3,(H,25,29)(H,27,30)/t12-,13?,22?/m0/s1. The van der Waals surface area contributed by atoms with Crippen molar-refractivity contribution in [2.45, 2.75) is 50.7 Å². The molecule has 4 rings (SSSR count). The lowest BCUT2D eigenvalue weighted by Gasteiger charge is -2.42. The Morgan fingerprint density at radius 3 is 2.82 bits per heavy atom. The molecule has 1 aliphatic carbocycles. The van der Waals surface area contributed by atoms with Crippen LogP contribution < -0.4 is 15.5 Å². The summed E-state index contributed by atoms with van der Waals surface area (Å²) in [4.78, 5) is 24.4. The molecule has 9 nitrogen and oxygen atoms in total. The average molecular weight is 523 g/mol. The van der Waals surface area contributed by atoms with E-state index in [0.717, 1.165) is 19.3 Å². The number of rotatable bonds is 6. The number of carbonyl (C=O) groups excluding carboxylic acids is 2. The summed E-state index contributed by atoms with van der Waals surface area (Å²) in [5, 5.41) is 10.8. The van der Waals surface area contributed by atoms with Crippen LogP contribution in [0.4, 0.5) is 9.18 Å². The topological polar surface area (TPSA) is 115 Å². The Balaban J connectivity index is 1.40. The van der Waals surface area contributed by atoms with Crippen molar-refractivity contribution >= 4 is 33.6 Å². The number of aromatic nitrogens is 1. The van der Waals surface area contributed by atoms with Gasteiger partial charge in [0.2, 0.25) is 5.76 Å². The molecule has 0 unspecified atom stereocenters. The first kappa shape index (κ1) is 23.2. The third kappa shape index (κ3) is 5.02. The van der Waals surface area contributed by atoms with Crippen molar-refractivity contribution in [2.24, 2.45) is 11.0 Å². The molecule has 1 aromatic heterocycles. The number of hydrogen-bond acceptors (Lipinski definition) is 7. The highest BCUT2D eigenvalue weighted by Gasteiger charge is 2.46. The van der Waals surface area contributed by atoms with Crippen LogP contribution >= 0.6 is 15.9 Å². The maximum atomic E-state index is 13.6. The van der Waals surface area contributed by atoms with E-state index >= 15 is 0 Å². The molecule has 0 bridgehead atoms. The van der Waals surface area contributed by atoms with Gasteiger partial charge in [-0.3, -0.25) is 4.79 Å². The molecule has 2 aliphatic rings. The minimum atomic E-state index is -0.873. The highest BCUT2D eigenvalue weighted by Crippen LogP contribution is 2.41. The Morgan fingerprint density at radius 1 is 1.39 bits per heavy atom. The molecule has 1 aliphatic heterocycles. The van der Waals surface area contributed by atoms with Crippen LogP contribution in [0.5, 0.6) is 5.88 Å². The zero-order valence-electron chi connectivity index (χ0n) is 18.2. The lowest BCUT2D eigenvalue weighted by molar-refractivity contribution is 0.0153. The van der Waals surface area contributed by atoms with E-state index in [9.17, 15) is 14.0 Å². The van der Waals surface area contributed by atoms with Gasteiger partial charge in [-0.25, -0.2) is 14.6 Å². The first-order chi connectivity index (χ1) is 15.8. The van der Waals surface area contributed by atoms with E-state index in [2.05, 4.69) is 36.9 Å². The van der Waals surface area contributed by atoms with E-state index in [-0.39, 0.29) is 29.4 Å². The molecule has 1 fully saturated rings. The number of carbonyl (C=O) groups is 2. The van der Waals surface area contributed by atoms with Gasteiger partial charge in [-0.2, -0.15) is 5.10 Å². The van der Waals surface area contributed by atoms with E-state index in [1.807, 2.05) is 6.92 Å². The molecule has 1 aromatic carbocycles. The third-order valence-electron chi connectivity index (χ3n) is 6.06. The Labute approximate surface area is 198 Å². The quantitative estimate of drug-likeness (QED) is 0.588. The van der Waals surface area contributed by atoms with Gasteiger partial charge < -0.3 is 19.3 Å². The summed E-state index contributed by atoms with van der Waals surface area (Å²) in [6.07, 6.45) is 2.87. The highest BCUT2D eigenvalue weighted by molar-refractivity contribution is 9.10. The predicted octanol–water partition coefficient (Wildman–Crippen LogP) is 4.17. The fraction of sp³-hybridized carbons (Fsp3) is 0.455. The second kappa shape index (κ2) is 9.50. The molecule has 1 spiro atoms. The van der Waals surface area contributed by atoms with Crippen LogP contribution in [0.25, 0.3) is 0 Å². The van der Waals surface area contributed by atoms with Crippen molar-refractivity contribution in [3.63, 3.8) is 0 Å². The van der Waals surface area contributed by atoms with Crippen LogP contribution in [0.3, 0.4) is 0 Å². The molecule has 1 saturated carbocycles. The average Bonchev–Trinajstić information content (AvgIpc) is 3.26. The predicted molar refractivity (Wildman–Crippen MR) is 120 cm³/mol. The third-order valence-corrected chi connectivity index (χ3v) is 6.72. The number of nitrogens with one attached hydrogen (secondary N) is 2. The van der Waals surface area contributed by atoms with Gasteiger partial charge in [0.1, 0.15) is 11.5 Å². The molecule has 2 aromatic rings. The van der Waals surface area contributed by atoms with E-state index in [4.69, 9.17) is 14.0 Å². The van der Waals surface area contributed by atoms with Crippen molar-refractivity contribution in [2.75, 3.05) is 7.11 Å². The molecular formula is C22H24BrFN4O5. The van der Waals surface area contributed by atoms with Gasteiger partial charge in [-0.15, -0.1) is 0 Å². The normalized spacial score (nSPS) is 23.3. The maximum Gasteiger partial charge on any atom is 0.428 e. The molecular weight excluding hydrogens is 499 g/mol. The first-order valence-electron chi connectivity index (χ1n) is 10.6. The van der Waals surface area contributed by atoms with Gasteiger partial charge in [0.05, 0.1) is 13.2 Å². The van der Waals surface area contributed by atoms with Crippen molar-refractivity contribution in [3.8, 4) is 5.88 Å².